The Balaban J connectivity index is 1.72. The number of benzene rings is 2. The van der Waals surface area contributed by atoms with Gasteiger partial charge >= 0.3 is 12.2 Å². The van der Waals surface area contributed by atoms with E-state index in [-0.39, 0.29) is 62.6 Å². The molecule has 0 aliphatic carbocycles. The van der Waals surface area contributed by atoms with E-state index in [4.69, 9.17) is 15.2 Å². The molecule has 2 N–H and O–H groups in total. The molecule has 16 heteroatoms. The van der Waals surface area contributed by atoms with Crippen LogP contribution in [0, 0.1) is 23.0 Å². The van der Waals surface area contributed by atoms with Gasteiger partial charge in [0, 0.05) is 29.6 Å². The van der Waals surface area contributed by atoms with Gasteiger partial charge in [-0.25, -0.2) is 18.8 Å². The first-order valence-corrected chi connectivity index (χ1v) is 15.2. The summed E-state index contributed by atoms with van der Waals surface area (Å²) in [4.78, 5) is 30.3. The van der Waals surface area contributed by atoms with Gasteiger partial charge in [0.1, 0.15) is 46.1 Å². The predicted octanol–water partition coefficient (Wildman–Crippen LogP) is 7.31. The molecule has 1 atom stereocenters. The van der Waals surface area contributed by atoms with Gasteiger partial charge < -0.3 is 20.1 Å². The van der Waals surface area contributed by atoms with Crippen molar-refractivity contribution in [3.05, 3.63) is 58.8 Å². The molecule has 4 heterocycles. The standard InChI is InChI=1S/C32H24F5N7O3S/c1-4-19(15-6-5-9-40-29(15)41-13-14(2)45)44-10-11-47-26-22-25(42-31(46-3)43-30(22)44)24(34)21(23(26)32(35,36)37)16-7-8-18(33)27-20(16)17(12-38)28(39)48-27/h5-9,13,19H,4,10-11,39H2,1-3H3/b41-13+. The number of carbonyl (C=O) groups is 1. The van der Waals surface area contributed by atoms with Crippen LogP contribution >= 0.6 is 11.3 Å². The highest BCUT2D eigenvalue weighted by molar-refractivity contribution is 7.23. The zero-order chi connectivity index (χ0) is 34.5. The summed E-state index contributed by atoms with van der Waals surface area (Å²) in [5.41, 5.74) is 2.71. The minimum absolute atomic E-state index is 0.0259. The maximum absolute atomic E-state index is 17.0. The van der Waals surface area contributed by atoms with Crippen LogP contribution in [0.25, 0.3) is 32.1 Å². The van der Waals surface area contributed by atoms with Crippen LogP contribution in [-0.4, -0.2) is 47.2 Å². The quantitative estimate of drug-likeness (QED) is 0.138. The van der Waals surface area contributed by atoms with Crippen molar-refractivity contribution >= 4 is 61.0 Å². The summed E-state index contributed by atoms with van der Waals surface area (Å²) in [6.07, 6.45) is -2.28. The molecular formula is C32H24F5N7O3S. The number of nitrogens with zero attached hydrogens (tertiary/aromatic N) is 6. The molecule has 1 aliphatic rings. The zero-order valence-electron chi connectivity index (χ0n) is 25.4. The summed E-state index contributed by atoms with van der Waals surface area (Å²) in [6.45, 7) is 2.81. The summed E-state index contributed by atoms with van der Waals surface area (Å²) in [7, 11) is 1.22. The highest BCUT2D eigenvalue weighted by Crippen LogP contribution is 2.54. The van der Waals surface area contributed by atoms with Gasteiger partial charge in [-0.15, -0.1) is 11.3 Å². The third kappa shape index (κ3) is 5.29. The number of aromatic nitrogens is 3. The van der Waals surface area contributed by atoms with Crippen molar-refractivity contribution in [1.82, 2.24) is 15.0 Å². The molecule has 0 saturated heterocycles. The number of carbonyl (C=O) groups excluding carboxylic acids is 1. The summed E-state index contributed by atoms with van der Waals surface area (Å²) in [6, 6.07) is 6.02. The Kier molecular flexibility index (Phi) is 8.33. The molecule has 0 saturated carbocycles. The largest absolute Gasteiger partial charge is 0.490 e. The molecule has 3 aromatic heterocycles. The minimum atomic E-state index is -5.22. The van der Waals surface area contributed by atoms with Crippen LogP contribution in [0.4, 0.5) is 38.6 Å². The van der Waals surface area contributed by atoms with E-state index in [2.05, 4.69) is 19.9 Å². The van der Waals surface area contributed by atoms with Crippen molar-refractivity contribution in [1.29, 1.82) is 5.26 Å². The number of Topliss-reactive ketones (excluding diaryl/α,β-unsaturated/α-hetero) is 1. The number of hydrogen-bond acceptors (Lipinski definition) is 11. The number of nitriles is 1. The lowest BCUT2D eigenvalue weighted by Gasteiger charge is -2.32. The van der Waals surface area contributed by atoms with E-state index >= 15 is 17.6 Å². The van der Waals surface area contributed by atoms with E-state index in [0.29, 0.717) is 23.3 Å². The van der Waals surface area contributed by atoms with Gasteiger partial charge in [-0.05, 0) is 24.1 Å². The molecule has 0 bridgehead atoms. The number of fused-ring (bicyclic) bond motifs is 1. The molecule has 0 amide bonds. The lowest BCUT2D eigenvalue weighted by Crippen LogP contribution is -2.32. The Morgan fingerprint density at radius 1 is 1.27 bits per heavy atom. The molecular weight excluding hydrogens is 657 g/mol. The van der Waals surface area contributed by atoms with E-state index in [1.165, 1.54) is 20.2 Å². The van der Waals surface area contributed by atoms with Crippen LogP contribution in [0.5, 0.6) is 11.8 Å². The summed E-state index contributed by atoms with van der Waals surface area (Å²) < 4.78 is 88.5. The fraction of sp³-hybridized carbons (Fsp3) is 0.250. The SMILES string of the molecule is CCC(c1cccnc1/N=C/C(C)=O)N1CCOc2c(C(F)(F)F)c(-c3ccc(F)c4sc(N)c(C#N)c34)c(F)c3nc(OC)nc1c23. The molecule has 10 nitrogen and oxygen atoms in total. The van der Waals surface area contributed by atoms with Crippen LogP contribution in [-0.2, 0) is 11.0 Å². The fourth-order valence-corrected chi connectivity index (χ4v) is 6.88. The molecule has 5 aromatic rings. The van der Waals surface area contributed by atoms with E-state index in [9.17, 15) is 14.4 Å². The number of hydrogen-bond donors (Lipinski definition) is 1. The van der Waals surface area contributed by atoms with Crippen molar-refractivity contribution in [2.45, 2.75) is 32.5 Å². The van der Waals surface area contributed by atoms with Crippen molar-refractivity contribution in [2.75, 3.05) is 30.9 Å². The molecule has 1 aliphatic heterocycles. The van der Waals surface area contributed by atoms with Crippen molar-refractivity contribution in [3.63, 3.8) is 0 Å². The average molecular weight is 682 g/mol. The Bertz CT molecular complexity index is 2200. The molecule has 6 rings (SSSR count). The third-order valence-electron chi connectivity index (χ3n) is 7.82. The van der Waals surface area contributed by atoms with Crippen LogP contribution in [0.1, 0.15) is 43.0 Å². The molecule has 2 aromatic carbocycles. The number of rotatable bonds is 7. The first-order valence-electron chi connectivity index (χ1n) is 14.4. The topological polar surface area (TPSA) is 140 Å². The molecule has 48 heavy (non-hydrogen) atoms. The lowest BCUT2D eigenvalue weighted by atomic mass is 9.91. The second kappa shape index (κ2) is 12.3. The Labute approximate surface area is 273 Å². The van der Waals surface area contributed by atoms with Crippen molar-refractivity contribution < 1.29 is 36.2 Å². The molecule has 0 fully saturated rings. The van der Waals surface area contributed by atoms with Crippen molar-refractivity contribution in [2.24, 2.45) is 4.99 Å². The second-order valence-electron chi connectivity index (χ2n) is 10.7. The van der Waals surface area contributed by atoms with E-state index in [1.54, 1.807) is 23.1 Å². The number of pyridine rings is 1. The first kappa shape index (κ1) is 32.5. The molecule has 246 valence electrons. The number of nitrogen functional groups attached to an aromatic ring is 1. The lowest BCUT2D eigenvalue weighted by molar-refractivity contribution is -0.138. The molecule has 1 unspecified atom stereocenters. The van der Waals surface area contributed by atoms with Gasteiger partial charge in [0.2, 0.25) is 0 Å². The van der Waals surface area contributed by atoms with Crippen molar-refractivity contribution in [3.8, 4) is 29.0 Å². The third-order valence-corrected chi connectivity index (χ3v) is 8.85. The minimum Gasteiger partial charge on any atom is -0.490 e. The normalized spacial score (nSPS) is 13.9. The number of ether oxygens (including phenoxy) is 2. The monoisotopic (exact) mass is 681 g/mol. The van der Waals surface area contributed by atoms with Crippen LogP contribution in [0.3, 0.4) is 0 Å². The van der Waals surface area contributed by atoms with Crippen LogP contribution in [0.2, 0.25) is 0 Å². The van der Waals surface area contributed by atoms with Crippen LogP contribution in [0.15, 0.2) is 35.5 Å². The number of methoxy groups -OCH3 is 1. The summed E-state index contributed by atoms with van der Waals surface area (Å²) in [5, 5.41) is 9.03. The number of nitrogens with two attached hydrogens (primary N) is 1. The highest BCUT2D eigenvalue weighted by Gasteiger charge is 2.44. The number of alkyl halides is 3. The number of anilines is 2. The van der Waals surface area contributed by atoms with Gasteiger partial charge in [-0.1, -0.05) is 19.1 Å². The van der Waals surface area contributed by atoms with E-state index in [0.717, 1.165) is 18.3 Å². The first-order chi connectivity index (χ1) is 22.9. The number of halogens is 5. The molecule has 0 radical (unpaired) electrons. The number of ketones is 1. The van der Waals surface area contributed by atoms with Gasteiger partial charge in [0.25, 0.3) is 0 Å². The van der Waals surface area contributed by atoms with E-state index < -0.39 is 51.8 Å². The summed E-state index contributed by atoms with van der Waals surface area (Å²) in [5.74, 6) is -3.25. The Morgan fingerprint density at radius 2 is 2.04 bits per heavy atom. The van der Waals surface area contributed by atoms with Gasteiger partial charge in [-0.3, -0.25) is 4.79 Å². The van der Waals surface area contributed by atoms with Gasteiger partial charge in [-0.2, -0.15) is 28.4 Å². The summed E-state index contributed by atoms with van der Waals surface area (Å²) >= 11 is 0.664. The van der Waals surface area contributed by atoms with Gasteiger partial charge in [0.05, 0.1) is 41.6 Å². The maximum atomic E-state index is 17.0. The number of thiophene rings is 1. The molecule has 0 spiro atoms. The van der Waals surface area contributed by atoms with E-state index in [1.807, 2.05) is 6.92 Å². The Morgan fingerprint density at radius 3 is 2.71 bits per heavy atom. The van der Waals surface area contributed by atoms with Crippen LogP contribution < -0.4 is 20.1 Å². The van der Waals surface area contributed by atoms with Gasteiger partial charge in [0.15, 0.2) is 17.4 Å². The fourth-order valence-electron chi connectivity index (χ4n) is 5.93. The number of aliphatic imine (C=N–C) groups is 1. The Hall–Kier alpha value is -5.43. The average Bonchev–Trinajstić information content (AvgIpc) is 3.29. The smallest absolute Gasteiger partial charge is 0.420 e. The predicted molar refractivity (Wildman–Crippen MR) is 170 cm³/mol. The maximum Gasteiger partial charge on any atom is 0.420 e. The zero-order valence-corrected chi connectivity index (χ0v) is 26.3. The second-order valence-corrected chi connectivity index (χ2v) is 11.7. The highest BCUT2D eigenvalue weighted by atomic mass is 32.1.